The van der Waals surface area contributed by atoms with E-state index in [2.05, 4.69) is 10.2 Å². The Kier molecular flexibility index (Phi) is 4.19. The van der Waals surface area contributed by atoms with Crippen LogP contribution in [0.4, 0.5) is 18.9 Å². The highest BCUT2D eigenvalue weighted by atomic mass is 32.1. The molecule has 0 saturated carbocycles. The Hall–Kier alpha value is -1.34. The van der Waals surface area contributed by atoms with Crippen molar-refractivity contribution < 1.29 is 13.2 Å². The number of nitrogens with one attached hydrogen (secondary N) is 1. The lowest BCUT2D eigenvalue weighted by molar-refractivity contribution is -0.137. The van der Waals surface area contributed by atoms with Crippen molar-refractivity contribution in [2.45, 2.75) is 18.6 Å². The highest BCUT2D eigenvalue weighted by Gasteiger charge is 2.34. The molecule has 1 unspecified atom stereocenters. The largest absolute Gasteiger partial charge is 0.417 e. The van der Waals surface area contributed by atoms with E-state index in [4.69, 9.17) is 18.0 Å². The zero-order chi connectivity index (χ0) is 14.9. The second-order valence-corrected chi connectivity index (χ2v) is 5.45. The van der Waals surface area contributed by atoms with Crippen molar-refractivity contribution >= 4 is 22.9 Å². The molecule has 0 amide bonds. The number of nitrogens with zero attached hydrogens (tertiary/aromatic N) is 1. The van der Waals surface area contributed by atoms with Gasteiger partial charge >= 0.3 is 6.18 Å². The summed E-state index contributed by atoms with van der Waals surface area (Å²) < 4.78 is 38.6. The molecule has 0 spiro atoms. The van der Waals surface area contributed by atoms with Crippen molar-refractivity contribution in [1.82, 2.24) is 4.90 Å². The molecule has 20 heavy (non-hydrogen) atoms. The van der Waals surface area contributed by atoms with Gasteiger partial charge in [0.25, 0.3) is 0 Å². The summed E-state index contributed by atoms with van der Waals surface area (Å²) in [7, 11) is 2.01. The third-order valence-corrected chi connectivity index (χ3v) is 3.57. The number of likely N-dealkylation sites (N-methyl/N-ethyl adjacent to an activating group) is 1. The highest BCUT2D eigenvalue weighted by molar-refractivity contribution is 7.80. The van der Waals surface area contributed by atoms with E-state index in [-0.39, 0.29) is 16.6 Å². The van der Waals surface area contributed by atoms with Crippen LogP contribution in [0.2, 0.25) is 0 Å². The average Bonchev–Trinajstić information content (AvgIpc) is 2.73. The first-order valence-electron chi connectivity index (χ1n) is 6.23. The number of hydrogen-bond donors (Lipinski definition) is 2. The van der Waals surface area contributed by atoms with Crippen molar-refractivity contribution in [2.24, 2.45) is 5.73 Å². The van der Waals surface area contributed by atoms with Crippen molar-refractivity contribution in [3.8, 4) is 0 Å². The molecule has 0 aromatic heterocycles. The van der Waals surface area contributed by atoms with Crippen LogP contribution in [0, 0.1) is 0 Å². The maximum atomic E-state index is 12.9. The number of rotatable bonds is 3. The molecule has 1 aliphatic rings. The summed E-state index contributed by atoms with van der Waals surface area (Å²) in [6.07, 6.45) is -3.50. The number of anilines is 1. The Bertz CT molecular complexity index is 516. The van der Waals surface area contributed by atoms with Crippen LogP contribution in [0.15, 0.2) is 18.2 Å². The van der Waals surface area contributed by atoms with Crippen LogP contribution < -0.4 is 11.1 Å². The molecule has 0 radical (unpaired) electrons. The maximum absolute atomic E-state index is 12.9. The molecule has 1 saturated heterocycles. The molecular weight excluding hydrogens is 287 g/mol. The number of hydrogen-bond acceptors (Lipinski definition) is 3. The van der Waals surface area contributed by atoms with Crippen molar-refractivity contribution in [2.75, 3.05) is 25.5 Å². The first-order chi connectivity index (χ1) is 9.27. The van der Waals surface area contributed by atoms with E-state index in [0.29, 0.717) is 5.69 Å². The maximum Gasteiger partial charge on any atom is 0.417 e. The van der Waals surface area contributed by atoms with Crippen molar-refractivity contribution in [3.63, 3.8) is 0 Å². The van der Waals surface area contributed by atoms with Crippen molar-refractivity contribution in [1.29, 1.82) is 0 Å². The van der Waals surface area contributed by atoms with Crippen LogP contribution in [0.25, 0.3) is 0 Å². The number of thiocarbonyl (C=S) groups is 1. The van der Waals surface area contributed by atoms with E-state index in [1.807, 2.05) is 7.05 Å². The molecule has 7 heteroatoms. The molecule has 1 aliphatic heterocycles. The van der Waals surface area contributed by atoms with Gasteiger partial charge in [0.05, 0.1) is 5.56 Å². The lowest BCUT2D eigenvalue weighted by atomic mass is 10.1. The minimum Gasteiger partial charge on any atom is -0.389 e. The van der Waals surface area contributed by atoms with Gasteiger partial charge < -0.3 is 16.0 Å². The van der Waals surface area contributed by atoms with E-state index in [1.165, 1.54) is 12.1 Å². The van der Waals surface area contributed by atoms with Gasteiger partial charge in [0.2, 0.25) is 0 Å². The van der Waals surface area contributed by atoms with Gasteiger partial charge in [-0.3, -0.25) is 0 Å². The Morgan fingerprint density at radius 1 is 1.45 bits per heavy atom. The average molecular weight is 303 g/mol. The summed E-state index contributed by atoms with van der Waals surface area (Å²) >= 11 is 4.72. The van der Waals surface area contributed by atoms with Crippen LogP contribution in [-0.2, 0) is 6.18 Å². The molecule has 1 heterocycles. The molecule has 2 rings (SSSR count). The van der Waals surface area contributed by atoms with Gasteiger partial charge in [-0.05, 0) is 38.2 Å². The number of likely N-dealkylation sites (tertiary alicyclic amines) is 1. The molecular formula is C13H16F3N3S. The SMILES string of the molecule is CN1CCC(Nc2ccc(C(F)(F)F)c(C(N)=S)c2)C1. The topological polar surface area (TPSA) is 41.3 Å². The molecule has 0 aliphatic carbocycles. The van der Waals surface area contributed by atoms with Gasteiger partial charge in [0.1, 0.15) is 4.99 Å². The normalized spacial score (nSPS) is 20.1. The Balaban J connectivity index is 2.24. The number of benzene rings is 1. The van der Waals surface area contributed by atoms with E-state index in [1.54, 1.807) is 0 Å². The first kappa shape index (κ1) is 15.1. The number of nitrogens with two attached hydrogens (primary N) is 1. The van der Waals surface area contributed by atoms with Gasteiger partial charge in [-0.25, -0.2) is 0 Å². The zero-order valence-electron chi connectivity index (χ0n) is 11.0. The zero-order valence-corrected chi connectivity index (χ0v) is 11.8. The van der Waals surface area contributed by atoms with Gasteiger partial charge in [0, 0.05) is 23.8 Å². The number of alkyl halides is 3. The fourth-order valence-corrected chi connectivity index (χ4v) is 2.54. The second-order valence-electron chi connectivity index (χ2n) is 5.01. The molecule has 3 N–H and O–H groups in total. The monoisotopic (exact) mass is 303 g/mol. The van der Waals surface area contributed by atoms with Crippen molar-refractivity contribution in [3.05, 3.63) is 29.3 Å². The summed E-state index contributed by atoms with van der Waals surface area (Å²) in [5, 5.41) is 3.22. The Labute approximate surface area is 120 Å². The quantitative estimate of drug-likeness (QED) is 0.842. The molecule has 1 fully saturated rings. The van der Waals surface area contributed by atoms with E-state index >= 15 is 0 Å². The molecule has 1 aromatic rings. The van der Waals surface area contributed by atoms with Crippen LogP contribution in [0.3, 0.4) is 0 Å². The smallest absolute Gasteiger partial charge is 0.389 e. The van der Waals surface area contributed by atoms with Gasteiger partial charge in [-0.2, -0.15) is 13.2 Å². The summed E-state index contributed by atoms with van der Waals surface area (Å²) in [6.45, 7) is 1.84. The third-order valence-electron chi connectivity index (χ3n) is 3.35. The predicted molar refractivity (Wildman–Crippen MR) is 76.9 cm³/mol. The van der Waals surface area contributed by atoms with E-state index in [9.17, 15) is 13.2 Å². The summed E-state index contributed by atoms with van der Waals surface area (Å²) in [6, 6.07) is 4.05. The Morgan fingerprint density at radius 3 is 2.65 bits per heavy atom. The van der Waals surface area contributed by atoms with E-state index < -0.39 is 11.7 Å². The summed E-state index contributed by atoms with van der Waals surface area (Å²) in [5.41, 5.74) is 5.09. The van der Waals surface area contributed by atoms with Crippen LogP contribution in [0.5, 0.6) is 0 Å². The standard InChI is InChI=1S/C13H16F3N3S/c1-19-5-4-9(7-19)18-8-2-3-11(13(14,15)16)10(6-8)12(17)20/h2-3,6,9,18H,4-5,7H2,1H3,(H2,17,20). The van der Waals surface area contributed by atoms with E-state index in [0.717, 1.165) is 25.6 Å². The molecule has 110 valence electrons. The minimum absolute atomic E-state index is 0.135. The van der Waals surface area contributed by atoms with Gasteiger partial charge in [-0.1, -0.05) is 12.2 Å². The molecule has 1 aromatic carbocycles. The Morgan fingerprint density at radius 2 is 2.15 bits per heavy atom. The van der Waals surface area contributed by atoms with Gasteiger partial charge in [0.15, 0.2) is 0 Å². The lowest BCUT2D eigenvalue weighted by Crippen LogP contribution is -2.24. The summed E-state index contributed by atoms with van der Waals surface area (Å²) in [4.78, 5) is 1.92. The fraction of sp³-hybridized carbons (Fsp3) is 0.462. The molecule has 1 atom stereocenters. The fourth-order valence-electron chi connectivity index (χ4n) is 2.37. The summed E-state index contributed by atoms with van der Waals surface area (Å²) in [5.74, 6) is 0. The van der Waals surface area contributed by atoms with Crippen LogP contribution in [-0.4, -0.2) is 36.1 Å². The minimum atomic E-state index is -4.45. The molecule has 0 bridgehead atoms. The van der Waals surface area contributed by atoms with Crippen LogP contribution >= 0.6 is 12.2 Å². The lowest BCUT2D eigenvalue weighted by Gasteiger charge is -2.17. The second kappa shape index (κ2) is 5.57. The number of halogens is 3. The van der Waals surface area contributed by atoms with Crippen LogP contribution in [0.1, 0.15) is 17.5 Å². The third kappa shape index (κ3) is 3.40. The highest BCUT2D eigenvalue weighted by Crippen LogP contribution is 2.33. The molecule has 3 nitrogen and oxygen atoms in total. The predicted octanol–water partition coefficient (Wildman–Crippen LogP) is 2.46. The first-order valence-corrected chi connectivity index (χ1v) is 6.64. The van der Waals surface area contributed by atoms with Gasteiger partial charge in [-0.15, -0.1) is 0 Å².